The predicted molar refractivity (Wildman–Crippen MR) is 84.3 cm³/mol. The molecule has 0 unspecified atom stereocenters. The molecule has 2 nitrogen and oxygen atoms in total. The van der Waals surface area contributed by atoms with Crippen molar-refractivity contribution in [2.75, 3.05) is 7.11 Å². The van der Waals surface area contributed by atoms with Gasteiger partial charge in [0.2, 0.25) is 0 Å². The minimum Gasteiger partial charge on any atom is -0.497 e. The van der Waals surface area contributed by atoms with Gasteiger partial charge < -0.3 is 4.74 Å². The topological polar surface area (TPSA) is 22.1 Å². The van der Waals surface area contributed by atoms with Crippen molar-refractivity contribution < 1.29 is 4.74 Å². The van der Waals surface area contributed by atoms with Gasteiger partial charge in [-0.2, -0.15) is 0 Å². The highest BCUT2D eigenvalue weighted by Gasteiger charge is 2.11. The zero-order valence-electron chi connectivity index (χ0n) is 11.5. The number of hydrogen-bond donors (Lipinski definition) is 0. The number of thiazole rings is 1. The average molecular weight is 281 g/mol. The van der Waals surface area contributed by atoms with E-state index < -0.39 is 0 Å². The van der Waals surface area contributed by atoms with Crippen molar-refractivity contribution in [2.24, 2.45) is 0 Å². The summed E-state index contributed by atoms with van der Waals surface area (Å²) in [6.45, 7) is 2.06. The van der Waals surface area contributed by atoms with E-state index in [0.29, 0.717) is 0 Å². The Morgan fingerprint density at radius 1 is 0.900 bits per heavy atom. The summed E-state index contributed by atoms with van der Waals surface area (Å²) < 4.78 is 5.20. The summed E-state index contributed by atoms with van der Waals surface area (Å²) in [5.41, 5.74) is 3.42. The van der Waals surface area contributed by atoms with E-state index >= 15 is 0 Å². The molecule has 0 radical (unpaired) electrons. The molecule has 0 fully saturated rings. The third-order valence-corrected chi connectivity index (χ3v) is 4.43. The van der Waals surface area contributed by atoms with Gasteiger partial charge in [0.05, 0.1) is 17.7 Å². The van der Waals surface area contributed by atoms with Crippen LogP contribution in [0.1, 0.15) is 5.69 Å². The smallest absolute Gasteiger partial charge is 0.124 e. The van der Waals surface area contributed by atoms with Crippen LogP contribution in [-0.4, -0.2) is 12.1 Å². The summed E-state index contributed by atoms with van der Waals surface area (Å²) in [7, 11) is 1.68. The molecule has 0 N–H and O–H groups in total. The first-order chi connectivity index (χ1) is 9.78. The monoisotopic (exact) mass is 281 g/mol. The lowest BCUT2D eigenvalue weighted by atomic mass is 10.1. The Kier molecular flexibility index (Phi) is 3.52. The second-order valence-corrected chi connectivity index (χ2v) is 5.53. The minimum absolute atomic E-state index is 0.874. The number of benzene rings is 2. The third kappa shape index (κ3) is 2.45. The first kappa shape index (κ1) is 12.9. The molecule has 0 bridgehead atoms. The van der Waals surface area contributed by atoms with E-state index in [1.165, 1.54) is 16.0 Å². The molecular weight excluding hydrogens is 266 g/mol. The van der Waals surface area contributed by atoms with Gasteiger partial charge in [-0.25, -0.2) is 4.98 Å². The van der Waals surface area contributed by atoms with Crippen LogP contribution in [-0.2, 0) is 0 Å². The molecule has 3 rings (SSSR count). The highest BCUT2D eigenvalue weighted by atomic mass is 32.1. The second kappa shape index (κ2) is 5.47. The lowest BCUT2D eigenvalue weighted by Crippen LogP contribution is -1.82. The van der Waals surface area contributed by atoms with Crippen molar-refractivity contribution in [3.8, 4) is 26.8 Å². The number of methoxy groups -OCH3 is 1. The van der Waals surface area contributed by atoms with Gasteiger partial charge in [-0.15, -0.1) is 11.3 Å². The van der Waals surface area contributed by atoms with Crippen LogP contribution in [0.2, 0.25) is 0 Å². The molecule has 1 heterocycles. The number of nitrogens with zero attached hydrogens (tertiary/aromatic N) is 1. The molecule has 20 heavy (non-hydrogen) atoms. The van der Waals surface area contributed by atoms with E-state index in [1.54, 1.807) is 18.4 Å². The number of ether oxygens (including phenoxy) is 1. The Hall–Kier alpha value is -2.13. The van der Waals surface area contributed by atoms with Gasteiger partial charge in [-0.05, 0) is 36.8 Å². The molecule has 2 aromatic carbocycles. The SMILES string of the molecule is COc1ccc(-c2sc(-c3ccccc3)nc2C)cc1. The van der Waals surface area contributed by atoms with Crippen LogP contribution in [0.5, 0.6) is 5.75 Å². The Labute approximate surface area is 122 Å². The predicted octanol–water partition coefficient (Wildman–Crippen LogP) is 4.79. The number of aryl methyl sites for hydroxylation is 1. The molecular formula is C17H15NOS. The summed E-state index contributed by atoms with van der Waals surface area (Å²) in [4.78, 5) is 5.90. The van der Waals surface area contributed by atoms with Crippen LogP contribution >= 0.6 is 11.3 Å². The van der Waals surface area contributed by atoms with Gasteiger partial charge in [-0.3, -0.25) is 0 Å². The third-order valence-electron chi connectivity index (χ3n) is 3.17. The van der Waals surface area contributed by atoms with Gasteiger partial charge in [0.25, 0.3) is 0 Å². The zero-order chi connectivity index (χ0) is 13.9. The molecule has 3 heteroatoms. The fourth-order valence-corrected chi connectivity index (χ4v) is 3.19. The first-order valence-corrected chi connectivity index (χ1v) is 7.27. The van der Waals surface area contributed by atoms with Crippen molar-refractivity contribution in [3.05, 3.63) is 60.3 Å². The van der Waals surface area contributed by atoms with Crippen LogP contribution in [0.25, 0.3) is 21.0 Å². The van der Waals surface area contributed by atoms with E-state index in [9.17, 15) is 0 Å². The largest absolute Gasteiger partial charge is 0.497 e. The fraction of sp³-hybridized carbons (Fsp3) is 0.118. The summed E-state index contributed by atoms with van der Waals surface area (Å²) in [6.07, 6.45) is 0. The molecule has 0 spiro atoms. The molecule has 0 aliphatic rings. The molecule has 1 aromatic heterocycles. The summed E-state index contributed by atoms with van der Waals surface area (Å²) in [6, 6.07) is 18.4. The van der Waals surface area contributed by atoms with Crippen molar-refractivity contribution in [3.63, 3.8) is 0 Å². The number of hydrogen-bond acceptors (Lipinski definition) is 3. The average Bonchev–Trinajstić information content (AvgIpc) is 2.90. The molecule has 100 valence electrons. The quantitative estimate of drug-likeness (QED) is 0.688. The zero-order valence-corrected chi connectivity index (χ0v) is 12.3. The van der Waals surface area contributed by atoms with Crippen LogP contribution in [0.15, 0.2) is 54.6 Å². The molecule has 0 saturated heterocycles. The fourth-order valence-electron chi connectivity index (χ4n) is 2.11. The van der Waals surface area contributed by atoms with Crippen LogP contribution in [0.3, 0.4) is 0 Å². The maximum absolute atomic E-state index is 5.20. The van der Waals surface area contributed by atoms with Crippen LogP contribution in [0, 0.1) is 6.92 Å². The van der Waals surface area contributed by atoms with Gasteiger partial charge >= 0.3 is 0 Å². The molecule has 0 saturated carbocycles. The van der Waals surface area contributed by atoms with Crippen molar-refractivity contribution in [1.82, 2.24) is 4.98 Å². The van der Waals surface area contributed by atoms with Crippen molar-refractivity contribution in [1.29, 1.82) is 0 Å². The van der Waals surface area contributed by atoms with Crippen molar-refractivity contribution in [2.45, 2.75) is 6.92 Å². The highest BCUT2D eigenvalue weighted by Crippen LogP contribution is 2.35. The van der Waals surface area contributed by atoms with Gasteiger partial charge in [0.1, 0.15) is 10.8 Å². The lowest BCUT2D eigenvalue weighted by molar-refractivity contribution is 0.415. The normalized spacial score (nSPS) is 10.5. The van der Waals surface area contributed by atoms with Gasteiger partial charge in [0.15, 0.2) is 0 Å². The lowest BCUT2D eigenvalue weighted by Gasteiger charge is -2.01. The van der Waals surface area contributed by atoms with E-state index in [1.807, 2.05) is 30.3 Å². The van der Waals surface area contributed by atoms with E-state index in [-0.39, 0.29) is 0 Å². The van der Waals surface area contributed by atoms with E-state index in [0.717, 1.165) is 16.5 Å². The molecule has 0 aliphatic heterocycles. The summed E-state index contributed by atoms with van der Waals surface area (Å²) in [5, 5.41) is 1.06. The van der Waals surface area contributed by atoms with Gasteiger partial charge in [0, 0.05) is 5.56 Å². The Bertz CT molecular complexity index is 702. The highest BCUT2D eigenvalue weighted by molar-refractivity contribution is 7.18. The minimum atomic E-state index is 0.874. The van der Waals surface area contributed by atoms with E-state index in [2.05, 4.69) is 36.2 Å². The van der Waals surface area contributed by atoms with E-state index in [4.69, 9.17) is 4.74 Å². The molecule has 0 aliphatic carbocycles. The summed E-state index contributed by atoms with van der Waals surface area (Å²) in [5.74, 6) is 0.874. The Morgan fingerprint density at radius 3 is 2.25 bits per heavy atom. The standard InChI is InChI=1S/C17H15NOS/c1-12-16(13-8-10-15(19-2)11-9-13)20-17(18-12)14-6-4-3-5-7-14/h3-11H,1-2H3. The van der Waals surface area contributed by atoms with Crippen molar-refractivity contribution >= 4 is 11.3 Å². The van der Waals surface area contributed by atoms with Crippen LogP contribution in [0.4, 0.5) is 0 Å². The maximum atomic E-state index is 5.20. The first-order valence-electron chi connectivity index (χ1n) is 6.45. The molecule has 3 aromatic rings. The molecule has 0 atom stereocenters. The second-order valence-electron chi connectivity index (χ2n) is 4.53. The maximum Gasteiger partial charge on any atom is 0.124 e. The van der Waals surface area contributed by atoms with Crippen LogP contribution < -0.4 is 4.74 Å². The number of rotatable bonds is 3. The Balaban J connectivity index is 2.00. The summed E-state index contributed by atoms with van der Waals surface area (Å²) >= 11 is 1.73. The van der Waals surface area contributed by atoms with Gasteiger partial charge in [-0.1, -0.05) is 30.3 Å². The molecule has 0 amide bonds. The number of aromatic nitrogens is 1. The Morgan fingerprint density at radius 2 is 1.60 bits per heavy atom.